The summed E-state index contributed by atoms with van der Waals surface area (Å²) in [5, 5.41) is 6.04. The van der Waals surface area contributed by atoms with Gasteiger partial charge in [-0.2, -0.15) is 0 Å². The van der Waals surface area contributed by atoms with Crippen LogP contribution in [0.25, 0.3) is 0 Å². The van der Waals surface area contributed by atoms with E-state index < -0.39 is 6.04 Å². The molecule has 30 heavy (non-hydrogen) atoms. The second-order valence-electron chi connectivity index (χ2n) is 7.87. The van der Waals surface area contributed by atoms with Crippen molar-refractivity contribution in [1.82, 2.24) is 5.32 Å². The van der Waals surface area contributed by atoms with Gasteiger partial charge in [0.2, 0.25) is 11.8 Å². The Labute approximate surface area is 181 Å². The standard InChI is InChI=1S/C23H26ClN3O3/c1-14(2)21(26-22(29)16-7-4-6-15(3)12-16)23(30)25-17-9-10-19(18(24)13-17)27-11-5-8-20(27)28/h4,6-7,9-10,12-14,21H,5,8,11H2,1-3H3,(H,25,30)(H,26,29)/t21-/m0/s1. The van der Waals surface area contributed by atoms with Crippen LogP contribution in [0.2, 0.25) is 5.02 Å². The van der Waals surface area contributed by atoms with Crippen LogP contribution in [0.4, 0.5) is 11.4 Å². The first-order chi connectivity index (χ1) is 14.3. The normalized spacial score (nSPS) is 14.7. The van der Waals surface area contributed by atoms with Crippen LogP contribution in [0.5, 0.6) is 0 Å². The molecule has 2 aromatic rings. The van der Waals surface area contributed by atoms with E-state index in [-0.39, 0.29) is 23.6 Å². The molecular weight excluding hydrogens is 402 g/mol. The van der Waals surface area contributed by atoms with Crippen molar-refractivity contribution in [3.63, 3.8) is 0 Å². The highest BCUT2D eigenvalue weighted by Crippen LogP contribution is 2.31. The number of anilines is 2. The Balaban J connectivity index is 1.71. The van der Waals surface area contributed by atoms with E-state index in [1.54, 1.807) is 35.2 Å². The van der Waals surface area contributed by atoms with Gasteiger partial charge in [0, 0.05) is 24.2 Å². The molecule has 158 valence electrons. The molecule has 6 nitrogen and oxygen atoms in total. The minimum atomic E-state index is -0.711. The van der Waals surface area contributed by atoms with E-state index in [1.165, 1.54) is 0 Å². The van der Waals surface area contributed by atoms with Crippen molar-refractivity contribution >= 4 is 40.7 Å². The van der Waals surface area contributed by atoms with Crippen molar-refractivity contribution in [3.05, 3.63) is 58.6 Å². The number of hydrogen-bond acceptors (Lipinski definition) is 3. The smallest absolute Gasteiger partial charge is 0.251 e. The highest BCUT2D eigenvalue weighted by molar-refractivity contribution is 6.34. The first-order valence-electron chi connectivity index (χ1n) is 10.0. The molecule has 0 spiro atoms. The lowest BCUT2D eigenvalue weighted by Gasteiger charge is -2.22. The molecule has 0 bridgehead atoms. The molecule has 1 aliphatic heterocycles. The monoisotopic (exact) mass is 427 g/mol. The molecule has 2 N–H and O–H groups in total. The van der Waals surface area contributed by atoms with Gasteiger partial charge in [0.15, 0.2) is 0 Å². The molecule has 1 aliphatic rings. The number of hydrogen-bond donors (Lipinski definition) is 2. The summed E-state index contributed by atoms with van der Waals surface area (Å²) in [5.41, 5.74) is 2.64. The predicted molar refractivity (Wildman–Crippen MR) is 119 cm³/mol. The quantitative estimate of drug-likeness (QED) is 0.726. The molecule has 0 unspecified atom stereocenters. The Morgan fingerprint density at radius 1 is 1.13 bits per heavy atom. The topological polar surface area (TPSA) is 78.5 Å². The number of carbonyl (C=O) groups is 3. The third-order valence-electron chi connectivity index (χ3n) is 5.10. The van der Waals surface area contributed by atoms with E-state index in [0.717, 1.165) is 12.0 Å². The number of nitrogens with one attached hydrogen (secondary N) is 2. The van der Waals surface area contributed by atoms with Gasteiger partial charge in [0.25, 0.3) is 5.91 Å². The molecule has 3 amide bonds. The number of amides is 3. The molecule has 3 rings (SSSR count). The fourth-order valence-electron chi connectivity index (χ4n) is 3.47. The number of aryl methyl sites for hydroxylation is 1. The molecule has 1 saturated heterocycles. The van der Waals surface area contributed by atoms with Gasteiger partial charge in [-0.1, -0.05) is 43.1 Å². The van der Waals surface area contributed by atoms with Crippen LogP contribution in [0, 0.1) is 12.8 Å². The number of nitrogens with zero attached hydrogens (tertiary/aromatic N) is 1. The maximum absolute atomic E-state index is 12.9. The summed E-state index contributed by atoms with van der Waals surface area (Å²) in [6.07, 6.45) is 1.33. The van der Waals surface area contributed by atoms with Crippen LogP contribution < -0.4 is 15.5 Å². The van der Waals surface area contributed by atoms with Gasteiger partial charge >= 0.3 is 0 Å². The fraction of sp³-hybridized carbons (Fsp3) is 0.348. The van der Waals surface area contributed by atoms with Crippen LogP contribution in [0.3, 0.4) is 0 Å². The fourth-order valence-corrected chi connectivity index (χ4v) is 3.75. The summed E-state index contributed by atoms with van der Waals surface area (Å²) in [4.78, 5) is 39.1. The van der Waals surface area contributed by atoms with E-state index in [2.05, 4.69) is 10.6 Å². The van der Waals surface area contributed by atoms with Gasteiger partial charge in [-0.3, -0.25) is 14.4 Å². The van der Waals surface area contributed by atoms with Gasteiger partial charge in [0.05, 0.1) is 10.7 Å². The molecular formula is C23H26ClN3O3. The molecule has 1 atom stereocenters. The number of rotatable bonds is 6. The largest absolute Gasteiger partial charge is 0.340 e. The third kappa shape index (κ3) is 5.00. The maximum Gasteiger partial charge on any atom is 0.251 e. The Morgan fingerprint density at radius 3 is 2.50 bits per heavy atom. The van der Waals surface area contributed by atoms with Crippen LogP contribution in [0.1, 0.15) is 42.6 Å². The van der Waals surface area contributed by atoms with Crippen molar-refractivity contribution < 1.29 is 14.4 Å². The highest BCUT2D eigenvalue weighted by atomic mass is 35.5. The average Bonchev–Trinajstić information content (AvgIpc) is 3.11. The summed E-state index contributed by atoms with van der Waals surface area (Å²) < 4.78 is 0. The van der Waals surface area contributed by atoms with E-state index in [1.807, 2.05) is 32.9 Å². The van der Waals surface area contributed by atoms with Crippen molar-refractivity contribution in [2.75, 3.05) is 16.8 Å². The first-order valence-corrected chi connectivity index (χ1v) is 10.4. The molecule has 7 heteroatoms. The first kappa shape index (κ1) is 21.8. The number of benzene rings is 2. The van der Waals surface area contributed by atoms with E-state index in [9.17, 15) is 14.4 Å². The lowest BCUT2D eigenvalue weighted by Crippen LogP contribution is -2.47. The Bertz CT molecular complexity index is 974. The molecule has 0 aliphatic carbocycles. The Morgan fingerprint density at radius 2 is 1.90 bits per heavy atom. The molecule has 2 aromatic carbocycles. The minimum absolute atomic E-state index is 0.0485. The van der Waals surface area contributed by atoms with Gasteiger partial charge in [0.1, 0.15) is 6.04 Å². The van der Waals surface area contributed by atoms with E-state index in [4.69, 9.17) is 11.6 Å². The predicted octanol–water partition coefficient (Wildman–Crippen LogP) is 4.17. The van der Waals surface area contributed by atoms with Crippen LogP contribution >= 0.6 is 11.6 Å². The number of carbonyl (C=O) groups excluding carboxylic acids is 3. The average molecular weight is 428 g/mol. The molecule has 0 saturated carbocycles. The lowest BCUT2D eigenvalue weighted by atomic mass is 10.0. The second kappa shape index (κ2) is 9.30. The SMILES string of the molecule is Cc1cccc(C(=O)N[C@H](C(=O)Nc2ccc(N3CCCC3=O)c(Cl)c2)C(C)C)c1. The van der Waals surface area contributed by atoms with Gasteiger partial charge in [-0.15, -0.1) is 0 Å². The zero-order valence-electron chi connectivity index (χ0n) is 17.4. The van der Waals surface area contributed by atoms with Crippen molar-refractivity contribution in [3.8, 4) is 0 Å². The summed E-state index contributed by atoms with van der Waals surface area (Å²) in [5.74, 6) is -0.691. The van der Waals surface area contributed by atoms with Crippen molar-refractivity contribution in [2.45, 2.75) is 39.7 Å². The summed E-state index contributed by atoms with van der Waals surface area (Å²) >= 11 is 6.36. The van der Waals surface area contributed by atoms with E-state index in [0.29, 0.717) is 34.9 Å². The van der Waals surface area contributed by atoms with Gasteiger partial charge in [-0.25, -0.2) is 0 Å². The lowest BCUT2D eigenvalue weighted by molar-refractivity contribution is -0.119. The summed E-state index contributed by atoms with van der Waals surface area (Å²) in [6, 6.07) is 11.6. The zero-order chi connectivity index (χ0) is 21.8. The van der Waals surface area contributed by atoms with Crippen LogP contribution in [-0.2, 0) is 9.59 Å². The van der Waals surface area contributed by atoms with Gasteiger partial charge in [-0.05, 0) is 49.6 Å². The minimum Gasteiger partial charge on any atom is -0.340 e. The maximum atomic E-state index is 12.9. The van der Waals surface area contributed by atoms with Crippen LogP contribution in [-0.4, -0.2) is 30.3 Å². The van der Waals surface area contributed by atoms with Gasteiger partial charge < -0.3 is 15.5 Å². The molecule has 0 radical (unpaired) electrons. The van der Waals surface area contributed by atoms with Crippen molar-refractivity contribution in [1.29, 1.82) is 0 Å². The summed E-state index contributed by atoms with van der Waals surface area (Å²) in [7, 11) is 0. The Hall–Kier alpha value is -2.86. The molecule has 0 aromatic heterocycles. The van der Waals surface area contributed by atoms with Crippen molar-refractivity contribution in [2.24, 2.45) is 5.92 Å². The summed E-state index contributed by atoms with van der Waals surface area (Å²) in [6.45, 7) is 6.29. The van der Waals surface area contributed by atoms with Crippen LogP contribution in [0.15, 0.2) is 42.5 Å². The zero-order valence-corrected chi connectivity index (χ0v) is 18.1. The van der Waals surface area contributed by atoms with E-state index >= 15 is 0 Å². The third-order valence-corrected chi connectivity index (χ3v) is 5.40. The number of halogens is 1. The second-order valence-corrected chi connectivity index (χ2v) is 8.28. The molecule has 1 fully saturated rings. The Kier molecular flexibility index (Phi) is 6.77. The highest BCUT2D eigenvalue weighted by Gasteiger charge is 2.26. The molecule has 1 heterocycles.